The standard InChI is InChI=1S/C8H19NO6S/c10-4-1-9(2-6-15-7-5-11)3-8-16(12,13)14/h10-11H,1-8H2,(H,12,13,14). The lowest BCUT2D eigenvalue weighted by Crippen LogP contribution is -2.34. The van der Waals surface area contributed by atoms with Crippen molar-refractivity contribution in [3.63, 3.8) is 0 Å². The van der Waals surface area contributed by atoms with Crippen LogP contribution in [-0.4, -0.2) is 79.9 Å². The second-order valence-electron chi connectivity index (χ2n) is 3.19. The molecule has 98 valence electrons. The van der Waals surface area contributed by atoms with Crippen LogP contribution < -0.4 is 0 Å². The average Bonchev–Trinajstić information content (AvgIpc) is 2.19. The Morgan fingerprint density at radius 2 is 1.69 bits per heavy atom. The predicted octanol–water partition coefficient (Wildman–Crippen LogP) is -1.82. The summed E-state index contributed by atoms with van der Waals surface area (Å²) in [5, 5.41) is 17.2. The summed E-state index contributed by atoms with van der Waals surface area (Å²) < 4.78 is 34.6. The first-order chi connectivity index (χ1) is 7.49. The highest BCUT2D eigenvalue weighted by Gasteiger charge is 2.10. The van der Waals surface area contributed by atoms with Gasteiger partial charge in [0, 0.05) is 19.6 Å². The molecule has 0 spiro atoms. The number of nitrogens with zero attached hydrogens (tertiary/aromatic N) is 1. The third-order valence-electron chi connectivity index (χ3n) is 1.87. The SMILES string of the molecule is O=S(=O)(O)CCN(CCO)CCOCCO. The van der Waals surface area contributed by atoms with Crippen molar-refractivity contribution in [3.8, 4) is 0 Å². The summed E-state index contributed by atoms with van der Waals surface area (Å²) in [5.74, 6) is -0.368. The van der Waals surface area contributed by atoms with Crippen LogP contribution in [0.4, 0.5) is 0 Å². The number of aliphatic hydroxyl groups is 2. The van der Waals surface area contributed by atoms with Crippen LogP contribution in [0.3, 0.4) is 0 Å². The lowest BCUT2D eigenvalue weighted by Gasteiger charge is -2.20. The summed E-state index contributed by atoms with van der Waals surface area (Å²) in [7, 11) is -3.98. The number of hydrogen-bond donors (Lipinski definition) is 3. The Hall–Kier alpha value is -0.250. The predicted molar refractivity (Wildman–Crippen MR) is 57.8 cm³/mol. The van der Waals surface area contributed by atoms with Gasteiger partial charge in [-0.1, -0.05) is 0 Å². The monoisotopic (exact) mass is 257 g/mol. The molecule has 3 N–H and O–H groups in total. The molecule has 8 heteroatoms. The molecule has 0 radical (unpaired) electrons. The van der Waals surface area contributed by atoms with E-state index in [0.29, 0.717) is 19.7 Å². The van der Waals surface area contributed by atoms with Gasteiger partial charge in [-0.25, -0.2) is 0 Å². The van der Waals surface area contributed by atoms with E-state index in [1.54, 1.807) is 4.90 Å². The summed E-state index contributed by atoms with van der Waals surface area (Å²) in [5.41, 5.74) is 0. The molecule has 0 aromatic rings. The first kappa shape index (κ1) is 15.8. The maximum Gasteiger partial charge on any atom is 0.266 e. The largest absolute Gasteiger partial charge is 0.395 e. The minimum absolute atomic E-state index is 0.0645. The first-order valence-electron chi connectivity index (χ1n) is 4.96. The maximum absolute atomic E-state index is 10.5. The van der Waals surface area contributed by atoms with E-state index in [4.69, 9.17) is 19.5 Å². The van der Waals surface area contributed by atoms with Crippen molar-refractivity contribution < 1.29 is 27.9 Å². The van der Waals surface area contributed by atoms with Crippen molar-refractivity contribution in [2.24, 2.45) is 0 Å². The average molecular weight is 257 g/mol. The zero-order valence-electron chi connectivity index (χ0n) is 9.08. The minimum atomic E-state index is -3.98. The fraction of sp³-hybridized carbons (Fsp3) is 1.00. The molecule has 0 aromatic carbocycles. The number of ether oxygens (including phenoxy) is 1. The van der Waals surface area contributed by atoms with E-state index in [1.165, 1.54) is 0 Å². The van der Waals surface area contributed by atoms with E-state index in [0.717, 1.165) is 0 Å². The molecule has 0 saturated carbocycles. The quantitative estimate of drug-likeness (QED) is 0.312. The molecule has 0 unspecified atom stereocenters. The van der Waals surface area contributed by atoms with Crippen molar-refractivity contribution in [3.05, 3.63) is 0 Å². The van der Waals surface area contributed by atoms with Crippen molar-refractivity contribution in [2.45, 2.75) is 0 Å². The van der Waals surface area contributed by atoms with Gasteiger partial charge >= 0.3 is 0 Å². The molecule has 0 aliphatic rings. The normalized spacial score (nSPS) is 12.2. The first-order valence-corrected chi connectivity index (χ1v) is 6.57. The molecule has 0 amide bonds. The van der Waals surface area contributed by atoms with E-state index in [2.05, 4.69) is 0 Å². The summed E-state index contributed by atoms with van der Waals surface area (Å²) in [6.07, 6.45) is 0. The Bertz CT molecular complexity index is 255. The van der Waals surface area contributed by atoms with Crippen molar-refractivity contribution >= 4 is 10.1 Å². The fourth-order valence-electron chi connectivity index (χ4n) is 1.08. The zero-order valence-corrected chi connectivity index (χ0v) is 9.90. The Kier molecular flexibility index (Phi) is 8.71. The van der Waals surface area contributed by atoms with Crippen LogP contribution in [0, 0.1) is 0 Å². The minimum Gasteiger partial charge on any atom is -0.395 e. The van der Waals surface area contributed by atoms with Gasteiger partial charge in [-0.15, -0.1) is 0 Å². The molecule has 0 saturated heterocycles. The van der Waals surface area contributed by atoms with Gasteiger partial charge < -0.3 is 14.9 Å². The van der Waals surface area contributed by atoms with Crippen LogP contribution in [0.25, 0.3) is 0 Å². The molecule has 0 bridgehead atoms. The maximum atomic E-state index is 10.5. The van der Waals surface area contributed by atoms with Crippen LogP contribution in [0.1, 0.15) is 0 Å². The summed E-state index contributed by atoms with van der Waals surface area (Å²) in [6, 6.07) is 0. The molecule has 0 aliphatic carbocycles. The smallest absolute Gasteiger partial charge is 0.266 e. The molecule has 16 heavy (non-hydrogen) atoms. The van der Waals surface area contributed by atoms with Gasteiger partial charge in [0.2, 0.25) is 0 Å². The van der Waals surface area contributed by atoms with Gasteiger partial charge in [0.25, 0.3) is 10.1 Å². The van der Waals surface area contributed by atoms with Crippen LogP contribution >= 0.6 is 0 Å². The third kappa shape index (κ3) is 10.3. The summed E-state index contributed by atoms with van der Waals surface area (Å²) >= 11 is 0. The van der Waals surface area contributed by atoms with Crippen molar-refractivity contribution in [2.75, 3.05) is 51.8 Å². The number of rotatable bonds is 10. The van der Waals surface area contributed by atoms with E-state index in [1.807, 2.05) is 0 Å². The zero-order chi connectivity index (χ0) is 12.4. The Labute approximate surface area is 95.4 Å². The second kappa shape index (κ2) is 8.85. The molecule has 0 aromatic heterocycles. The van der Waals surface area contributed by atoms with Gasteiger partial charge in [-0.2, -0.15) is 8.42 Å². The van der Waals surface area contributed by atoms with E-state index in [-0.39, 0.29) is 32.1 Å². The van der Waals surface area contributed by atoms with Gasteiger partial charge in [0.15, 0.2) is 0 Å². The summed E-state index contributed by atoms with van der Waals surface area (Å²) in [6.45, 7) is 1.31. The van der Waals surface area contributed by atoms with Crippen LogP contribution in [0.15, 0.2) is 0 Å². The summed E-state index contributed by atoms with van der Waals surface area (Å²) in [4.78, 5) is 1.66. The molecule has 7 nitrogen and oxygen atoms in total. The van der Waals surface area contributed by atoms with Crippen molar-refractivity contribution in [1.82, 2.24) is 4.90 Å². The highest BCUT2D eigenvalue weighted by Crippen LogP contribution is 1.91. The highest BCUT2D eigenvalue weighted by atomic mass is 32.2. The third-order valence-corrected chi connectivity index (χ3v) is 2.57. The molecule has 0 heterocycles. The molecule has 0 rings (SSSR count). The van der Waals surface area contributed by atoms with E-state index in [9.17, 15) is 8.42 Å². The van der Waals surface area contributed by atoms with E-state index < -0.39 is 10.1 Å². The second-order valence-corrected chi connectivity index (χ2v) is 4.76. The Balaban J connectivity index is 3.79. The van der Waals surface area contributed by atoms with Crippen LogP contribution in [0.5, 0.6) is 0 Å². The molecular formula is C8H19NO6S. The molecule has 0 fully saturated rings. The highest BCUT2D eigenvalue weighted by molar-refractivity contribution is 7.85. The Morgan fingerprint density at radius 3 is 2.19 bits per heavy atom. The Morgan fingerprint density at radius 1 is 1.00 bits per heavy atom. The van der Waals surface area contributed by atoms with Crippen LogP contribution in [0.2, 0.25) is 0 Å². The van der Waals surface area contributed by atoms with Gasteiger partial charge in [0.1, 0.15) is 0 Å². The number of aliphatic hydroxyl groups excluding tert-OH is 2. The molecule has 0 atom stereocenters. The van der Waals surface area contributed by atoms with Gasteiger partial charge in [-0.05, 0) is 0 Å². The fourth-order valence-corrected chi connectivity index (χ4v) is 1.57. The molecule has 0 aliphatic heterocycles. The lowest BCUT2D eigenvalue weighted by molar-refractivity contribution is 0.0708. The molecular weight excluding hydrogens is 238 g/mol. The lowest BCUT2D eigenvalue weighted by atomic mass is 10.5. The van der Waals surface area contributed by atoms with Crippen molar-refractivity contribution in [1.29, 1.82) is 0 Å². The number of hydrogen-bond acceptors (Lipinski definition) is 6. The van der Waals surface area contributed by atoms with Gasteiger partial charge in [-0.3, -0.25) is 9.45 Å². The van der Waals surface area contributed by atoms with Crippen LogP contribution in [-0.2, 0) is 14.9 Å². The van der Waals surface area contributed by atoms with Gasteiger partial charge in [0.05, 0.1) is 32.2 Å². The topological polar surface area (TPSA) is 107 Å². The van der Waals surface area contributed by atoms with E-state index >= 15 is 0 Å².